The van der Waals surface area contributed by atoms with Gasteiger partial charge in [-0.05, 0) is 56.6 Å². The number of likely N-dealkylation sites (tertiary alicyclic amines) is 1. The van der Waals surface area contributed by atoms with E-state index in [1.165, 1.54) is 40.0 Å². The standard InChI is InChI=1S/C24H32FN7O3/c1-24(2,14-30(3)4)11-20-17(12-26)19(9-10-31(20)23(34)35)32-13-18(21(27)33)22(29-32)28-16-7-5-15(25)6-8-16/h5-8,13,17,19-20H,9-11,14H2,1-4H3,(H2,27,33)(H,28,29)(H,34,35)/t17-,19+,20?/m1/s1. The van der Waals surface area contributed by atoms with Gasteiger partial charge in [0.1, 0.15) is 11.4 Å². The first-order chi connectivity index (χ1) is 16.4. The summed E-state index contributed by atoms with van der Waals surface area (Å²) in [7, 11) is 3.90. The van der Waals surface area contributed by atoms with Crippen LogP contribution in [0.15, 0.2) is 30.5 Å². The Hall–Kier alpha value is -3.65. The molecule has 1 fully saturated rings. The second-order valence-electron chi connectivity index (χ2n) is 10.0. The van der Waals surface area contributed by atoms with E-state index in [1.807, 2.05) is 19.0 Å². The van der Waals surface area contributed by atoms with Gasteiger partial charge in [-0.3, -0.25) is 9.48 Å². The molecule has 4 N–H and O–H groups in total. The molecule has 11 heteroatoms. The highest BCUT2D eigenvalue weighted by molar-refractivity contribution is 5.98. The van der Waals surface area contributed by atoms with Gasteiger partial charge < -0.3 is 26.0 Å². The second-order valence-corrected chi connectivity index (χ2v) is 10.0. The monoisotopic (exact) mass is 485 g/mol. The van der Waals surface area contributed by atoms with E-state index in [2.05, 4.69) is 30.3 Å². The van der Waals surface area contributed by atoms with Gasteiger partial charge in [0.05, 0.1) is 24.1 Å². The zero-order valence-electron chi connectivity index (χ0n) is 20.4. The van der Waals surface area contributed by atoms with E-state index in [1.54, 1.807) is 0 Å². The molecule has 1 aliphatic rings. The van der Waals surface area contributed by atoms with Gasteiger partial charge in [0.15, 0.2) is 5.82 Å². The fourth-order valence-corrected chi connectivity index (χ4v) is 5.00. The van der Waals surface area contributed by atoms with E-state index in [9.17, 15) is 24.3 Å². The van der Waals surface area contributed by atoms with Crippen molar-refractivity contribution in [1.29, 1.82) is 5.26 Å². The van der Waals surface area contributed by atoms with Crippen molar-refractivity contribution in [2.24, 2.45) is 17.1 Å². The summed E-state index contributed by atoms with van der Waals surface area (Å²) in [6.07, 6.45) is 1.26. The number of piperidine rings is 1. The van der Waals surface area contributed by atoms with Gasteiger partial charge in [-0.1, -0.05) is 13.8 Å². The van der Waals surface area contributed by atoms with E-state index in [0.29, 0.717) is 18.5 Å². The van der Waals surface area contributed by atoms with Gasteiger partial charge in [0.25, 0.3) is 5.91 Å². The number of nitrogens with one attached hydrogen (secondary N) is 1. The Morgan fingerprint density at radius 2 is 2.00 bits per heavy atom. The molecule has 0 bridgehead atoms. The lowest BCUT2D eigenvalue weighted by atomic mass is 9.76. The van der Waals surface area contributed by atoms with E-state index in [0.717, 1.165) is 6.54 Å². The third-order valence-electron chi connectivity index (χ3n) is 6.24. The lowest BCUT2D eigenvalue weighted by Gasteiger charge is -2.44. The van der Waals surface area contributed by atoms with E-state index in [-0.39, 0.29) is 23.3 Å². The maximum Gasteiger partial charge on any atom is 0.407 e. The Morgan fingerprint density at radius 3 is 2.54 bits per heavy atom. The number of aromatic nitrogens is 2. The van der Waals surface area contributed by atoms with Crippen LogP contribution in [-0.2, 0) is 0 Å². The van der Waals surface area contributed by atoms with Crippen LogP contribution in [0.4, 0.5) is 20.7 Å². The number of hydrogen-bond donors (Lipinski definition) is 3. The summed E-state index contributed by atoms with van der Waals surface area (Å²) in [5, 5.41) is 27.5. The van der Waals surface area contributed by atoms with Crippen LogP contribution in [-0.4, -0.2) is 69.9 Å². The molecule has 1 saturated heterocycles. The number of rotatable bonds is 8. The van der Waals surface area contributed by atoms with Crippen molar-refractivity contribution in [2.75, 3.05) is 32.5 Å². The number of benzene rings is 1. The Kier molecular flexibility index (Phi) is 7.65. The van der Waals surface area contributed by atoms with Gasteiger partial charge >= 0.3 is 6.09 Å². The number of anilines is 2. The zero-order valence-corrected chi connectivity index (χ0v) is 20.4. The quantitative estimate of drug-likeness (QED) is 0.521. The summed E-state index contributed by atoms with van der Waals surface area (Å²) in [4.78, 5) is 27.5. The smallest absolute Gasteiger partial charge is 0.407 e. The number of amides is 2. The van der Waals surface area contributed by atoms with Crippen molar-refractivity contribution in [3.63, 3.8) is 0 Å². The summed E-state index contributed by atoms with van der Waals surface area (Å²) in [6.45, 7) is 5.05. The molecule has 188 valence electrons. The van der Waals surface area contributed by atoms with Gasteiger partial charge in [0.2, 0.25) is 0 Å². The van der Waals surface area contributed by atoms with Crippen LogP contribution in [0.5, 0.6) is 0 Å². The number of carbonyl (C=O) groups excluding carboxylic acids is 1. The van der Waals surface area contributed by atoms with E-state index in [4.69, 9.17) is 5.73 Å². The fraction of sp³-hybridized carbons (Fsp3) is 0.500. The topological polar surface area (TPSA) is 141 Å². The molecular weight excluding hydrogens is 453 g/mol. The highest BCUT2D eigenvalue weighted by Crippen LogP contribution is 2.39. The molecule has 1 unspecified atom stereocenters. The van der Waals surface area contributed by atoms with Crippen molar-refractivity contribution < 1.29 is 19.1 Å². The molecule has 3 atom stereocenters. The maximum atomic E-state index is 13.3. The molecule has 0 aliphatic carbocycles. The van der Waals surface area contributed by atoms with E-state index >= 15 is 0 Å². The first-order valence-electron chi connectivity index (χ1n) is 11.4. The highest BCUT2D eigenvalue weighted by atomic mass is 19.1. The number of nitrogens with two attached hydrogens (primary N) is 1. The minimum atomic E-state index is -1.06. The van der Waals surface area contributed by atoms with Gasteiger partial charge in [-0.25, -0.2) is 9.18 Å². The highest BCUT2D eigenvalue weighted by Gasteiger charge is 2.44. The van der Waals surface area contributed by atoms with Crippen LogP contribution in [0.25, 0.3) is 0 Å². The van der Waals surface area contributed by atoms with Crippen molar-refractivity contribution >= 4 is 23.5 Å². The molecule has 2 amide bonds. The van der Waals surface area contributed by atoms with Crippen molar-refractivity contribution in [3.05, 3.63) is 41.8 Å². The largest absolute Gasteiger partial charge is 0.465 e. The molecule has 10 nitrogen and oxygen atoms in total. The van der Waals surface area contributed by atoms with Crippen LogP contribution in [0.1, 0.15) is 43.1 Å². The number of nitriles is 1. The molecule has 1 aliphatic heterocycles. The predicted molar refractivity (Wildman–Crippen MR) is 129 cm³/mol. The second kappa shape index (κ2) is 10.3. The SMILES string of the molecule is CN(C)CC(C)(C)CC1[C@H](C#N)[C@@H](n2cc(C(N)=O)c(Nc3ccc(F)cc3)n2)CCN1C(=O)O. The molecule has 1 aromatic heterocycles. The summed E-state index contributed by atoms with van der Waals surface area (Å²) >= 11 is 0. The number of nitrogens with zero attached hydrogens (tertiary/aromatic N) is 5. The third-order valence-corrected chi connectivity index (χ3v) is 6.24. The lowest BCUT2D eigenvalue weighted by molar-refractivity contribution is 0.0409. The summed E-state index contributed by atoms with van der Waals surface area (Å²) in [6, 6.07) is 6.86. The van der Waals surface area contributed by atoms with Crippen LogP contribution in [0.3, 0.4) is 0 Å². The molecular formula is C24H32FN7O3. The average molecular weight is 486 g/mol. The predicted octanol–water partition coefficient (Wildman–Crippen LogP) is 3.28. The Morgan fingerprint density at radius 1 is 1.34 bits per heavy atom. The molecule has 2 heterocycles. The maximum absolute atomic E-state index is 13.3. The molecule has 35 heavy (non-hydrogen) atoms. The van der Waals surface area contributed by atoms with Gasteiger partial charge in [0, 0.05) is 25.0 Å². The summed E-state index contributed by atoms with van der Waals surface area (Å²) in [5.41, 5.74) is 5.96. The molecule has 0 radical (unpaired) electrons. The van der Waals surface area contributed by atoms with Crippen LogP contribution < -0.4 is 11.1 Å². The van der Waals surface area contributed by atoms with Gasteiger partial charge in [-0.15, -0.1) is 0 Å². The molecule has 0 spiro atoms. The lowest BCUT2D eigenvalue weighted by Crippen LogP contribution is -2.53. The van der Waals surface area contributed by atoms with Gasteiger partial charge in [-0.2, -0.15) is 10.4 Å². The van der Waals surface area contributed by atoms with Crippen molar-refractivity contribution in [1.82, 2.24) is 19.6 Å². The first-order valence-corrected chi connectivity index (χ1v) is 11.4. The number of hydrogen-bond acceptors (Lipinski definition) is 6. The molecule has 0 saturated carbocycles. The minimum Gasteiger partial charge on any atom is -0.465 e. The Balaban J connectivity index is 1.95. The number of primary amides is 1. The zero-order chi connectivity index (χ0) is 25.9. The van der Waals surface area contributed by atoms with Crippen molar-refractivity contribution in [3.8, 4) is 6.07 Å². The van der Waals surface area contributed by atoms with E-state index < -0.39 is 35.8 Å². The first kappa shape index (κ1) is 26.0. The summed E-state index contributed by atoms with van der Waals surface area (Å²) < 4.78 is 14.8. The number of carboxylic acid groups (broad SMARTS) is 1. The third kappa shape index (κ3) is 6.08. The number of carbonyl (C=O) groups is 2. The fourth-order valence-electron chi connectivity index (χ4n) is 5.00. The van der Waals surface area contributed by atoms with Crippen molar-refractivity contribution in [2.45, 2.75) is 38.8 Å². The molecule has 2 aromatic rings. The number of halogens is 1. The summed E-state index contributed by atoms with van der Waals surface area (Å²) in [5.74, 6) is -1.62. The molecule has 1 aromatic carbocycles. The van der Waals surface area contributed by atoms with Crippen LogP contribution in [0.2, 0.25) is 0 Å². The minimum absolute atomic E-state index is 0.121. The Bertz CT molecular complexity index is 1110. The normalized spacial score (nSPS) is 20.5. The average Bonchev–Trinajstić information content (AvgIpc) is 3.17. The van der Waals surface area contributed by atoms with Crippen LogP contribution in [0, 0.1) is 28.5 Å². The molecule has 3 rings (SSSR count). The Labute approximate surface area is 204 Å². The van der Waals surface area contributed by atoms with Crippen LogP contribution >= 0.6 is 0 Å².